The number of hydrogen-bond donors (Lipinski definition) is 0. The Labute approximate surface area is 212 Å². The standard InChI is InChI=1S/C34H30N2/c1-25-15-10-11-20-28(25)33-30-22-13-12-21-29(30)31-23-14-24-32(34(31)35(33)2)36(3,26-16-6-4-7-17-26)27-18-8-5-9-19-27/h4-24H,1-3H3/q+2. The summed E-state index contributed by atoms with van der Waals surface area (Å²) in [6.45, 7) is 2.20. The lowest BCUT2D eigenvalue weighted by Crippen LogP contribution is -2.39. The number of nitrogens with zero attached hydrogens (tertiary/aromatic N) is 2. The lowest BCUT2D eigenvalue weighted by atomic mass is 9.96. The van der Waals surface area contributed by atoms with Crippen molar-refractivity contribution in [1.82, 2.24) is 4.48 Å². The molecule has 0 saturated carbocycles. The molecular weight excluding hydrogens is 436 g/mol. The second kappa shape index (κ2) is 8.75. The summed E-state index contributed by atoms with van der Waals surface area (Å²) in [5, 5.41) is 3.81. The zero-order chi connectivity index (χ0) is 24.7. The van der Waals surface area contributed by atoms with Crippen LogP contribution in [0, 0.1) is 6.92 Å². The molecule has 1 heterocycles. The fourth-order valence-electron chi connectivity index (χ4n) is 5.72. The summed E-state index contributed by atoms with van der Waals surface area (Å²) in [5.41, 5.74) is 8.72. The van der Waals surface area contributed by atoms with Gasteiger partial charge in [0.1, 0.15) is 18.4 Å². The van der Waals surface area contributed by atoms with Crippen LogP contribution in [0.3, 0.4) is 0 Å². The van der Waals surface area contributed by atoms with E-state index in [9.17, 15) is 0 Å². The predicted molar refractivity (Wildman–Crippen MR) is 153 cm³/mol. The predicted octanol–water partition coefficient (Wildman–Crippen LogP) is 8.39. The largest absolute Gasteiger partial charge is 0.275 e. The zero-order valence-electron chi connectivity index (χ0n) is 21.0. The van der Waals surface area contributed by atoms with Crippen LogP contribution in [0.1, 0.15) is 5.56 Å². The monoisotopic (exact) mass is 466 g/mol. The summed E-state index contributed by atoms with van der Waals surface area (Å²) in [6, 6.07) is 45.9. The number of rotatable bonds is 4. The highest BCUT2D eigenvalue weighted by Crippen LogP contribution is 2.45. The first-order chi connectivity index (χ1) is 17.6. The van der Waals surface area contributed by atoms with Gasteiger partial charge in [-0.15, -0.1) is 0 Å². The molecule has 0 N–H and O–H groups in total. The third kappa shape index (κ3) is 3.34. The van der Waals surface area contributed by atoms with Crippen molar-refractivity contribution in [2.75, 3.05) is 7.05 Å². The van der Waals surface area contributed by atoms with E-state index in [2.05, 4.69) is 153 Å². The van der Waals surface area contributed by atoms with Gasteiger partial charge in [-0.3, -0.25) is 0 Å². The Bertz CT molecular complexity index is 1660. The van der Waals surface area contributed by atoms with Crippen LogP contribution in [0.15, 0.2) is 127 Å². The number of pyridine rings is 1. The summed E-state index contributed by atoms with van der Waals surface area (Å²) < 4.78 is 2.98. The van der Waals surface area contributed by atoms with Gasteiger partial charge in [0.25, 0.3) is 5.52 Å². The molecule has 0 fully saturated rings. The molecule has 36 heavy (non-hydrogen) atoms. The van der Waals surface area contributed by atoms with E-state index in [1.165, 1.54) is 55.6 Å². The van der Waals surface area contributed by atoms with Crippen LogP contribution in [0.4, 0.5) is 17.1 Å². The maximum Gasteiger partial charge on any atom is 0.275 e. The van der Waals surface area contributed by atoms with Crippen LogP contribution >= 0.6 is 0 Å². The Morgan fingerprint density at radius 1 is 0.528 bits per heavy atom. The molecule has 0 aliphatic rings. The molecule has 0 spiro atoms. The van der Waals surface area contributed by atoms with Gasteiger partial charge in [-0.1, -0.05) is 78.9 Å². The van der Waals surface area contributed by atoms with Crippen LogP contribution < -0.4 is 9.05 Å². The van der Waals surface area contributed by atoms with E-state index in [-0.39, 0.29) is 0 Å². The van der Waals surface area contributed by atoms with Crippen molar-refractivity contribution in [2.45, 2.75) is 6.92 Å². The molecule has 1 aromatic heterocycles. The molecule has 0 unspecified atom stereocenters. The first-order valence-corrected chi connectivity index (χ1v) is 12.5. The molecule has 0 saturated heterocycles. The topological polar surface area (TPSA) is 3.88 Å². The van der Waals surface area contributed by atoms with Gasteiger partial charge in [0.2, 0.25) is 11.4 Å². The third-order valence-corrected chi connectivity index (χ3v) is 7.59. The SMILES string of the molecule is Cc1ccccc1-c1c2ccccc2c2cccc([N+](C)(c3ccccc3)c3ccccc3)c2[n+]1C. The van der Waals surface area contributed by atoms with E-state index in [1.54, 1.807) is 0 Å². The number of para-hydroxylation sites is 3. The molecule has 2 nitrogen and oxygen atoms in total. The number of aryl methyl sites for hydroxylation is 2. The molecular formula is C34H30N2+2. The Balaban J connectivity index is 1.81. The molecule has 0 amide bonds. The Morgan fingerprint density at radius 2 is 1.06 bits per heavy atom. The second-order valence-corrected chi connectivity index (χ2v) is 9.62. The third-order valence-electron chi connectivity index (χ3n) is 7.59. The van der Waals surface area contributed by atoms with Crippen molar-refractivity contribution in [2.24, 2.45) is 7.05 Å². The lowest BCUT2D eigenvalue weighted by molar-refractivity contribution is -0.632. The molecule has 0 atom stereocenters. The second-order valence-electron chi connectivity index (χ2n) is 9.62. The van der Waals surface area contributed by atoms with Gasteiger partial charge >= 0.3 is 0 Å². The summed E-state index contributed by atoms with van der Waals surface area (Å²) in [4.78, 5) is 0. The average Bonchev–Trinajstić information content (AvgIpc) is 2.94. The first-order valence-electron chi connectivity index (χ1n) is 12.5. The van der Waals surface area contributed by atoms with Crippen molar-refractivity contribution in [3.8, 4) is 11.3 Å². The van der Waals surface area contributed by atoms with Crippen LogP contribution in [0.2, 0.25) is 0 Å². The van der Waals surface area contributed by atoms with E-state index in [1.807, 2.05) is 0 Å². The maximum atomic E-state index is 2.41. The maximum absolute atomic E-state index is 2.41. The number of fused-ring (bicyclic) bond motifs is 3. The highest BCUT2D eigenvalue weighted by atomic mass is 15.4. The van der Waals surface area contributed by atoms with E-state index in [4.69, 9.17) is 0 Å². The van der Waals surface area contributed by atoms with E-state index >= 15 is 0 Å². The zero-order valence-corrected chi connectivity index (χ0v) is 21.0. The summed E-state index contributed by atoms with van der Waals surface area (Å²) in [7, 11) is 4.53. The highest BCUT2D eigenvalue weighted by Gasteiger charge is 2.37. The van der Waals surface area contributed by atoms with Gasteiger partial charge in [0.15, 0.2) is 0 Å². The Kier molecular flexibility index (Phi) is 5.40. The first kappa shape index (κ1) is 22.2. The lowest BCUT2D eigenvalue weighted by Gasteiger charge is -2.33. The van der Waals surface area contributed by atoms with Gasteiger partial charge in [0, 0.05) is 17.0 Å². The van der Waals surface area contributed by atoms with Crippen LogP contribution in [0.25, 0.3) is 32.9 Å². The molecule has 0 bridgehead atoms. The van der Waals surface area contributed by atoms with Crippen molar-refractivity contribution in [1.29, 1.82) is 0 Å². The van der Waals surface area contributed by atoms with Crippen molar-refractivity contribution < 1.29 is 4.57 Å². The fraction of sp³-hybridized carbons (Fsp3) is 0.0882. The van der Waals surface area contributed by atoms with Crippen LogP contribution in [0.5, 0.6) is 0 Å². The molecule has 6 rings (SSSR count). The van der Waals surface area contributed by atoms with Gasteiger partial charge in [0.05, 0.1) is 17.8 Å². The smallest absolute Gasteiger partial charge is 0.223 e. The average molecular weight is 467 g/mol. The van der Waals surface area contributed by atoms with E-state index in [0.29, 0.717) is 4.48 Å². The summed E-state index contributed by atoms with van der Waals surface area (Å²) in [6.07, 6.45) is 0. The minimum absolute atomic E-state index is 0.568. The highest BCUT2D eigenvalue weighted by molar-refractivity contribution is 6.12. The number of aromatic nitrogens is 1. The fourth-order valence-corrected chi connectivity index (χ4v) is 5.72. The molecule has 0 radical (unpaired) electrons. The molecule has 174 valence electrons. The Morgan fingerprint density at radius 3 is 1.69 bits per heavy atom. The van der Waals surface area contributed by atoms with Gasteiger partial charge in [-0.25, -0.2) is 4.48 Å². The van der Waals surface area contributed by atoms with Gasteiger partial charge < -0.3 is 0 Å². The number of hydrogen-bond acceptors (Lipinski definition) is 0. The number of benzene rings is 5. The van der Waals surface area contributed by atoms with Crippen molar-refractivity contribution in [3.05, 3.63) is 133 Å². The van der Waals surface area contributed by atoms with E-state index < -0.39 is 0 Å². The normalized spacial score (nSPS) is 11.8. The molecule has 5 aromatic carbocycles. The molecule has 0 aliphatic carbocycles. The summed E-state index contributed by atoms with van der Waals surface area (Å²) in [5.74, 6) is 0. The Hall–Kier alpha value is -4.27. The van der Waals surface area contributed by atoms with E-state index in [0.717, 1.165) is 0 Å². The van der Waals surface area contributed by atoms with Crippen molar-refractivity contribution >= 4 is 38.7 Å². The van der Waals surface area contributed by atoms with Gasteiger partial charge in [-0.2, -0.15) is 4.57 Å². The van der Waals surface area contributed by atoms with Crippen LogP contribution in [-0.4, -0.2) is 7.05 Å². The molecule has 6 aromatic rings. The van der Waals surface area contributed by atoms with Gasteiger partial charge in [-0.05, 0) is 55.0 Å². The quantitative estimate of drug-likeness (QED) is 0.139. The number of quaternary nitrogens is 1. The molecule has 0 aliphatic heterocycles. The minimum atomic E-state index is 0.568. The molecule has 2 heteroatoms. The van der Waals surface area contributed by atoms with Crippen molar-refractivity contribution in [3.63, 3.8) is 0 Å². The summed E-state index contributed by atoms with van der Waals surface area (Å²) >= 11 is 0. The van der Waals surface area contributed by atoms with Crippen LogP contribution in [-0.2, 0) is 7.05 Å². The minimum Gasteiger partial charge on any atom is -0.223 e.